The third kappa shape index (κ3) is 2.57. The van der Waals surface area contributed by atoms with Crippen molar-refractivity contribution in [2.75, 3.05) is 5.88 Å². The Morgan fingerprint density at radius 3 is 2.86 bits per heavy atom. The summed E-state index contributed by atoms with van der Waals surface area (Å²) >= 11 is 5.38. The maximum atomic E-state index is 13.1. The van der Waals surface area contributed by atoms with Gasteiger partial charge in [0.2, 0.25) is 0 Å². The fourth-order valence-electron chi connectivity index (χ4n) is 0.976. The Morgan fingerprint density at radius 2 is 2.29 bits per heavy atom. The van der Waals surface area contributed by atoms with E-state index in [1.807, 2.05) is 0 Å². The van der Waals surface area contributed by atoms with Gasteiger partial charge in [-0.15, -0.1) is 11.6 Å². The molecule has 0 bridgehead atoms. The zero-order valence-corrected chi connectivity index (χ0v) is 7.96. The third-order valence-electron chi connectivity index (χ3n) is 1.63. The van der Waals surface area contributed by atoms with Crippen LogP contribution in [-0.4, -0.2) is 17.0 Å². The monoisotopic (exact) mass is 214 g/mol. The number of rotatable bonds is 3. The van der Waals surface area contributed by atoms with Crippen LogP contribution >= 0.6 is 11.6 Å². The number of carboxylic acids is 1. The average molecular weight is 215 g/mol. The van der Waals surface area contributed by atoms with Crippen LogP contribution < -0.4 is 0 Å². The molecule has 0 amide bonds. The van der Waals surface area contributed by atoms with E-state index in [2.05, 4.69) is 0 Å². The number of benzene rings is 1. The molecule has 0 aliphatic carbocycles. The van der Waals surface area contributed by atoms with Crippen molar-refractivity contribution >= 4 is 23.6 Å². The molecule has 0 aliphatic rings. The highest BCUT2D eigenvalue weighted by Gasteiger charge is 2.05. The Balaban J connectivity index is 3.08. The van der Waals surface area contributed by atoms with E-state index < -0.39 is 11.8 Å². The Hall–Kier alpha value is -1.35. The summed E-state index contributed by atoms with van der Waals surface area (Å²) < 4.78 is 13.1. The molecule has 0 saturated carbocycles. The molecule has 74 valence electrons. The van der Waals surface area contributed by atoms with E-state index in [1.54, 1.807) is 6.08 Å². The first-order valence-corrected chi connectivity index (χ1v) is 4.44. The van der Waals surface area contributed by atoms with E-state index in [4.69, 9.17) is 16.7 Å². The highest BCUT2D eigenvalue weighted by molar-refractivity contribution is 6.19. The number of aromatic carboxylic acids is 1. The van der Waals surface area contributed by atoms with Crippen molar-refractivity contribution in [3.05, 3.63) is 41.2 Å². The number of hydrogen-bond donors (Lipinski definition) is 1. The molecule has 0 aliphatic heterocycles. The SMILES string of the molecule is O=C(O)c1ccc(F)c(C=CCCl)c1. The summed E-state index contributed by atoms with van der Waals surface area (Å²) in [5, 5.41) is 8.65. The summed E-state index contributed by atoms with van der Waals surface area (Å²) in [7, 11) is 0. The third-order valence-corrected chi connectivity index (χ3v) is 1.81. The zero-order chi connectivity index (χ0) is 10.6. The van der Waals surface area contributed by atoms with E-state index in [9.17, 15) is 9.18 Å². The first-order chi connectivity index (χ1) is 6.65. The molecule has 0 unspecified atom stereocenters. The van der Waals surface area contributed by atoms with Crippen LogP contribution in [0.5, 0.6) is 0 Å². The first kappa shape index (κ1) is 10.7. The Morgan fingerprint density at radius 1 is 1.57 bits per heavy atom. The standard InChI is InChI=1S/C10H8ClFO2/c11-5-1-2-7-6-8(10(13)14)3-4-9(7)12/h1-4,6H,5H2,(H,13,14). The summed E-state index contributed by atoms with van der Waals surface area (Å²) in [6.07, 6.45) is 3.00. The molecule has 1 N–H and O–H groups in total. The number of halogens is 2. The second-order valence-corrected chi connectivity index (χ2v) is 2.91. The number of alkyl halides is 1. The fourth-order valence-corrected chi connectivity index (χ4v) is 1.07. The fraction of sp³-hybridized carbons (Fsp3) is 0.100. The van der Waals surface area contributed by atoms with Gasteiger partial charge in [-0.1, -0.05) is 12.2 Å². The lowest BCUT2D eigenvalue weighted by Gasteiger charge is -1.98. The van der Waals surface area contributed by atoms with E-state index in [0.717, 1.165) is 6.07 Å². The molecule has 0 atom stereocenters. The Kier molecular flexibility index (Phi) is 3.65. The van der Waals surface area contributed by atoms with Gasteiger partial charge in [-0.05, 0) is 18.2 Å². The van der Waals surface area contributed by atoms with E-state index >= 15 is 0 Å². The molecule has 0 spiro atoms. The van der Waals surface area contributed by atoms with Crippen molar-refractivity contribution in [2.45, 2.75) is 0 Å². The van der Waals surface area contributed by atoms with Gasteiger partial charge in [0.15, 0.2) is 0 Å². The Bertz CT molecular complexity index is 374. The molecule has 0 fully saturated rings. The number of hydrogen-bond acceptors (Lipinski definition) is 1. The van der Waals surface area contributed by atoms with Crippen molar-refractivity contribution in [3.8, 4) is 0 Å². The number of allylic oxidation sites excluding steroid dienone is 1. The minimum Gasteiger partial charge on any atom is -0.478 e. The van der Waals surface area contributed by atoms with Crippen LogP contribution in [0, 0.1) is 5.82 Å². The molecule has 0 saturated heterocycles. The number of carboxylic acid groups (broad SMARTS) is 1. The van der Waals surface area contributed by atoms with Crippen LogP contribution in [0.3, 0.4) is 0 Å². The van der Waals surface area contributed by atoms with Gasteiger partial charge < -0.3 is 5.11 Å². The summed E-state index contributed by atoms with van der Waals surface area (Å²) in [6, 6.07) is 3.60. The van der Waals surface area contributed by atoms with Gasteiger partial charge in [-0.2, -0.15) is 0 Å². The highest BCUT2D eigenvalue weighted by atomic mass is 35.5. The Labute approximate surface area is 85.6 Å². The van der Waals surface area contributed by atoms with Crippen molar-refractivity contribution in [1.82, 2.24) is 0 Å². The molecule has 1 aromatic carbocycles. The molecule has 1 aromatic rings. The van der Waals surface area contributed by atoms with E-state index in [-0.39, 0.29) is 17.0 Å². The van der Waals surface area contributed by atoms with E-state index in [0.29, 0.717) is 0 Å². The summed E-state index contributed by atoms with van der Waals surface area (Å²) in [5.74, 6) is -1.28. The van der Waals surface area contributed by atoms with Crippen LogP contribution in [0.15, 0.2) is 24.3 Å². The maximum Gasteiger partial charge on any atom is 0.335 e. The highest BCUT2D eigenvalue weighted by Crippen LogP contribution is 2.12. The molecule has 0 heterocycles. The molecular formula is C10H8ClFO2. The van der Waals surface area contributed by atoms with Crippen molar-refractivity contribution < 1.29 is 14.3 Å². The quantitative estimate of drug-likeness (QED) is 0.786. The van der Waals surface area contributed by atoms with Crippen molar-refractivity contribution in [2.24, 2.45) is 0 Å². The smallest absolute Gasteiger partial charge is 0.335 e. The molecule has 0 aromatic heterocycles. The predicted molar refractivity (Wildman–Crippen MR) is 53.1 cm³/mol. The van der Waals surface area contributed by atoms with Gasteiger partial charge in [-0.3, -0.25) is 0 Å². The topological polar surface area (TPSA) is 37.3 Å². The number of carbonyl (C=O) groups is 1. The lowest BCUT2D eigenvalue weighted by molar-refractivity contribution is 0.0697. The predicted octanol–water partition coefficient (Wildman–Crippen LogP) is 2.78. The van der Waals surface area contributed by atoms with Gasteiger partial charge in [-0.25, -0.2) is 9.18 Å². The lowest BCUT2D eigenvalue weighted by atomic mass is 10.1. The second kappa shape index (κ2) is 4.77. The molecule has 2 nitrogen and oxygen atoms in total. The van der Waals surface area contributed by atoms with Gasteiger partial charge in [0.05, 0.1) is 5.56 Å². The average Bonchev–Trinajstić information content (AvgIpc) is 2.16. The van der Waals surface area contributed by atoms with Crippen LogP contribution in [0.2, 0.25) is 0 Å². The molecule has 4 heteroatoms. The zero-order valence-electron chi connectivity index (χ0n) is 7.21. The van der Waals surface area contributed by atoms with Crippen LogP contribution in [0.4, 0.5) is 4.39 Å². The minimum absolute atomic E-state index is 0.0561. The van der Waals surface area contributed by atoms with E-state index in [1.165, 1.54) is 18.2 Å². The minimum atomic E-state index is -1.08. The largest absolute Gasteiger partial charge is 0.478 e. The maximum absolute atomic E-state index is 13.1. The molecule has 14 heavy (non-hydrogen) atoms. The van der Waals surface area contributed by atoms with Gasteiger partial charge in [0.1, 0.15) is 5.82 Å². The molecule has 1 rings (SSSR count). The molecule has 0 radical (unpaired) electrons. The summed E-state index contributed by atoms with van der Waals surface area (Å²) in [4.78, 5) is 10.6. The summed E-state index contributed by atoms with van der Waals surface area (Å²) in [5.41, 5.74) is 0.283. The first-order valence-electron chi connectivity index (χ1n) is 3.90. The van der Waals surface area contributed by atoms with Crippen LogP contribution in [0.1, 0.15) is 15.9 Å². The normalized spacial score (nSPS) is 10.7. The second-order valence-electron chi connectivity index (χ2n) is 2.60. The van der Waals surface area contributed by atoms with Gasteiger partial charge >= 0.3 is 5.97 Å². The van der Waals surface area contributed by atoms with Crippen LogP contribution in [0.25, 0.3) is 6.08 Å². The van der Waals surface area contributed by atoms with Crippen molar-refractivity contribution in [3.63, 3.8) is 0 Å². The van der Waals surface area contributed by atoms with Crippen LogP contribution in [-0.2, 0) is 0 Å². The lowest BCUT2D eigenvalue weighted by Crippen LogP contribution is -1.97. The van der Waals surface area contributed by atoms with Gasteiger partial charge in [0.25, 0.3) is 0 Å². The van der Waals surface area contributed by atoms with Gasteiger partial charge in [0, 0.05) is 11.4 Å². The summed E-state index contributed by atoms with van der Waals surface area (Å²) in [6.45, 7) is 0. The van der Waals surface area contributed by atoms with Crippen molar-refractivity contribution in [1.29, 1.82) is 0 Å². The molecular weight excluding hydrogens is 207 g/mol.